The van der Waals surface area contributed by atoms with Crippen LogP contribution < -0.4 is 5.32 Å². The summed E-state index contributed by atoms with van der Waals surface area (Å²) < 4.78 is 0. The lowest BCUT2D eigenvalue weighted by Crippen LogP contribution is -2.40. The Labute approximate surface area is 161 Å². The highest BCUT2D eigenvalue weighted by Gasteiger charge is 2.47. The first-order valence-electron chi connectivity index (χ1n) is 10.4. The number of nitrogens with zero attached hydrogens (tertiary/aromatic N) is 2. The predicted molar refractivity (Wildman–Crippen MR) is 106 cm³/mol. The zero-order valence-corrected chi connectivity index (χ0v) is 15.7. The van der Waals surface area contributed by atoms with Crippen LogP contribution in [0.25, 0.3) is 0 Å². The number of benzene rings is 1. The molecule has 2 fully saturated rings. The molecule has 3 aliphatic rings. The van der Waals surface area contributed by atoms with Crippen molar-refractivity contribution in [3.8, 4) is 0 Å². The fraction of sp³-hybridized carbons (Fsp3) is 0.478. The maximum Gasteiger partial charge on any atom is 0.226 e. The number of hydrogen-bond donors (Lipinski definition) is 1. The molecule has 1 aromatic carbocycles. The molecule has 4 nitrogen and oxygen atoms in total. The second kappa shape index (κ2) is 6.99. The molecule has 3 atom stereocenters. The monoisotopic (exact) mass is 361 g/mol. The number of carbonyl (C=O) groups is 1. The molecule has 1 amide bonds. The summed E-state index contributed by atoms with van der Waals surface area (Å²) in [5.74, 6) is 1.02. The number of carbonyl (C=O) groups excluding carboxylic acids is 1. The topological polar surface area (TPSA) is 45.2 Å². The molecule has 3 heterocycles. The van der Waals surface area contributed by atoms with Crippen molar-refractivity contribution >= 4 is 11.6 Å². The third-order valence-corrected chi connectivity index (χ3v) is 6.74. The maximum atomic E-state index is 13.4. The molecular formula is C23H27N3O. The zero-order valence-electron chi connectivity index (χ0n) is 15.7. The van der Waals surface area contributed by atoms with Crippen LogP contribution >= 0.6 is 0 Å². The van der Waals surface area contributed by atoms with Crippen molar-refractivity contribution in [2.75, 3.05) is 11.9 Å². The van der Waals surface area contributed by atoms with E-state index in [9.17, 15) is 4.79 Å². The van der Waals surface area contributed by atoms with Gasteiger partial charge < -0.3 is 10.2 Å². The highest BCUT2D eigenvalue weighted by atomic mass is 16.2. The van der Waals surface area contributed by atoms with E-state index in [2.05, 4.69) is 45.5 Å². The number of anilines is 1. The number of aromatic nitrogens is 1. The average molecular weight is 361 g/mol. The molecule has 1 saturated heterocycles. The van der Waals surface area contributed by atoms with Gasteiger partial charge in [0.05, 0.1) is 12.1 Å². The van der Waals surface area contributed by atoms with Crippen LogP contribution in [0.3, 0.4) is 0 Å². The van der Waals surface area contributed by atoms with Crippen molar-refractivity contribution < 1.29 is 4.79 Å². The molecule has 2 aromatic rings. The lowest BCUT2D eigenvalue weighted by molar-refractivity contribution is -0.138. The van der Waals surface area contributed by atoms with Crippen LogP contribution in [0, 0.1) is 11.8 Å². The van der Waals surface area contributed by atoms with Crippen LogP contribution in [0.1, 0.15) is 61.7 Å². The second-order valence-corrected chi connectivity index (χ2v) is 8.26. The normalized spacial score (nSPS) is 27.6. The number of fused-ring (bicyclic) bond motifs is 3. The first-order valence-corrected chi connectivity index (χ1v) is 10.4. The van der Waals surface area contributed by atoms with Gasteiger partial charge in [-0.1, -0.05) is 43.5 Å². The number of para-hydroxylation sites is 1. The van der Waals surface area contributed by atoms with Crippen molar-refractivity contribution in [2.45, 2.75) is 50.6 Å². The van der Waals surface area contributed by atoms with E-state index >= 15 is 0 Å². The van der Waals surface area contributed by atoms with Crippen LogP contribution in [0.4, 0.5) is 5.69 Å². The van der Waals surface area contributed by atoms with Gasteiger partial charge in [0.25, 0.3) is 0 Å². The Morgan fingerprint density at radius 2 is 1.89 bits per heavy atom. The van der Waals surface area contributed by atoms with Crippen molar-refractivity contribution in [2.24, 2.45) is 11.8 Å². The molecular weight excluding hydrogens is 334 g/mol. The minimum absolute atomic E-state index is 0.182. The lowest BCUT2D eigenvalue weighted by Gasteiger charge is -2.41. The molecule has 1 saturated carbocycles. The van der Waals surface area contributed by atoms with Gasteiger partial charge in [-0.05, 0) is 42.5 Å². The van der Waals surface area contributed by atoms with E-state index in [4.69, 9.17) is 0 Å². The van der Waals surface area contributed by atoms with Crippen LogP contribution in [0.15, 0.2) is 48.8 Å². The quantitative estimate of drug-likeness (QED) is 0.842. The fourth-order valence-electron chi connectivity index (χ4n) is 5.45. The lowest BCUT2D eigenvalue weighted by atomic mass is 9.80. The molecule has 140 valence electrons. The number of nitrogens with one attached hydrogen (secondary N) is 1. The molecule has 27 heavy (non-hydrogen) atoms. The van der Waals surface area contributed by atoms with E-state index in [0.717, 1.165) is 31.5 Å². The predicted octanol–water partition coefficient (Wildman–Crippen LogP) is 4.72. The summed E-state index contributed by atoms with van der Waals surface area (Å²) in [4.78, 5) is 20.0. The highest BCUT2D eigenvalue weighted by molar-refractivity contribution is 5.80. The summed E-state index contributed by atoms with van der Waals surface area (Å²) in [6, 6.07) is 13.1. The van der Waals surface area contributed by atoms with Crippen molar-refractivity contribution in [3.05, 3.63) is 59.9 Å². The molecule has 5 rings (SSSR count). The van der Waals surface area contributed by atoms with Crippen LogP contribution in [-0.4, -0.2) is 22.3 Å². The zero-order chi connectivity index (χ0) is 18.2. The van der Waals surface area contributed by atoms with E-state index in [-0.39, 0.29) is 18.0 Å². The van der Waals surface area contributed by atoms with Crippen LogP contribution in [0.5, 0.6) is 0 Å². The molecule has 0 spiro atoms. The minimum Gasteiger partial charge on any atom is -0.378 e. The van der Waals surface area contributed by atoms with E-state index in [1.807, 2.05) is 18.5 Å². The van der Waals surface area contributed by atoms with Gasteiger partial charge >= 0.3 is 0 Å². The van der Waals surface area contributed by atoms with Gasteiger partial charge in [-0.3, -0.25) is 9.78 Å². The minimum atomic E-state index is 0.182. The van der Waals surface area contributed by atoms with Crippen molar-refractivity contribution in [3.63, 3.8) is 0 Å². The summed E-state index contributed by atoms with van der Waals surface area (Å²) >= 11 is 0. The summed E-state index contributed by atoms with van der Waals surface area (Å²) in [7, 11) is 0. The van der Waals surface area contributed by atoms with E-state index in [1.165, 1.54) is 30.4 Å². The Balaban J connectivity index is 1.51. The van der Waals surface area contributed by atoms with Crippen molar-refractivity contribution in [1.29, 1.82) is 0 Å². The van der Waals surface area contributed by atoms with Gasteiger partial charge in [0.1, 0.15) is 0 Å². The molecule has 2 aliphatic heterocycles. The van der Waals surface area contributed by atoms with Crippen LogP contribution in [0.2, 0.25) is 0 Å². The second-order valence-electron chi connectivity index (χ2n) is 8.26. The molecule has 1 aromatic heterocycles. The van der Waals surface area contributed by atoms with Gasteiger partial charge in [-0.15, -0.1) is 0 Å². The standard InChI is InChI=1S/C23H27N3O/c27-23(16-7-2-1-3-8-16)26-14-12-19-21(17-9-6-13-24-15-17)25-20-11-5-4-10-18(20)22(19)26/h4-6,9-11,13,15-16,19,21-22,25H,1-3,7-8,12,14H2/t19-,21+,22+/m0/s1. The molecule has 4 heteroatoms. The third-order valence-electron chi connectivity index (χ3n) is 6.74. The first-order chi connectivity index (χ1) is 13.3. The van der Waals surface area contributed by atoms with Crippen LogP contribution in [-0.2, 0) is 4.79 Å². The Morgan fingerprint density at radius 3 is 2.70 bits per heavy atom. The summed E-state index contributed by atoms with van der Waals surface area (Å²) in [5, 5.41) is 3.75. The fourth-order valence-corrected chi connectivity index (χ4v) is 5.45. The molecule has 0 unspecified atom stereocenters. The third kappa shape index (κ3) is 2.91. The number of amides is 1. The summed E-state index contributed by atoms with van der Waals surface area (Å²) in [5.41, 5.74) is 3.66. The van der Waals surface area contributed by atoms with E-state index in [1.54, 1.807) is 0 Å². The molecule has 0 bridgehead atoms. The highest BCUT2D eigenvalue weighted by Crippen LogP contribution is 2.51. The molecule has 0 radical (unpaired) electrons. The van der Waals surface area contributed by atoms with Crippen molar-refractivity contribution in [1.82, 2.24) is 9.88 Å². The van der Waals surface area contributed by atoms with Gasteiger partial charge in [-0.25, -0.2) is 0 Å². The molecule has 1 aliphatic carbocycles. The largest absolute Gasteiger partial charge is 0.378 e. The van der Waals surface area contributed by atoms with E-state index < -0.39 is 0 Å². The summed E-state index contributed by atoms with van der Waals surface area (Å²) in [6.45, 7) is 0.872. The summed E-state index contributed by atoms with van der Waals surface area (Å²) in [6.07, 6.45) is 10.7. The average Bonchev–Trinajstić information content (AvgIpc) is 3.19. The smallest absolute Gasteiger partial charge is 0.226 e. The van der Waals surface area contributed by atoms with Gasteiger partial charge in [0.15, 0.2) is 0 Å². The first kappa shape index (κ1) is 16.8. The van der Waals surface area contributed by atoms with E-state index in [0.29, 0.717) is 11.8 Å². The Kier molecular flexibility index (Phi) is 4.35. The Bertz CT molecular complexity index is 815. The number of rotatable bonds is 2. The Morgan fingerprint density at radius 1 is 1.04 bits per heavy atom. The SMILES string of the molecule is O=C(C1CCCCC1)N1CC[C@H]2[C@@H](c3cccnc3)Nc3ccccc3[C@H]21. The number of likely N-dealkylation sites (tertiary alicyclic amines) is 1. The van der Waals surface area contributed by atoms with Gasteiger partial charge in [0.2, 0.25) is 5.91 Å². The molecule has 1 N–H and O–H groups in total. The number of pyridine rings is 1. The Hall–Kier alpha value is -2.36. The van der Waals surface area contributed by atoms with Gasteiger partial charge in [0, 0.05) is 36.5 Å². The maximum absolute atomic E-state index is 13.4. The number of hydrogen-bond acceptors (Lipinski definition) is 3. The van der Waals surface area contributed by atoms with Gasteiger partial charge in [-0.2, -0.15) is 0 Å².